The lowest BCUT2D eigenvalue weighted by Crippen LogP contribution is -2.44. The van der Waals surface area contributed by atoms with E-state index in [0.29, 0.717) is 6.54 Å². The number of hydrogen-bond acceptors (Lipinski definition) is 6. The predicted molar refractivity (Wildman–Crippen MR) is 116 cm³/mol. The molecule has 6 nitrogen and oxygen atoms in total. The first-order valence-electron chi connectivity index (χ1n) is 9.85. The molecule has 29 heavy (non-hydrogen) atoms. The van der Waals surface area contributed by atoms with Gasteiger partial charge >= 0.3 is 0 Å². The molecule has 2 heterocycles. The second-order valence-corrected chi connectivity index (χ2v) is 8.03. The van der Waals surface area contributed by atoms with Gasteiger partial charge in [-0.1, -0.05) is 41.7 Å². The third kappa shape index (κ3) is 4.93. The molecule has 1 amide bonds. The molecule has 0 radical (unpaired) electrons. The summed E-state index contributed by atoms with van der Waals surface area (Å²) < 4.78 is 12.3. The maximum atomic E-state index is 13.1. The van der Waals surface area contributed by atoms with Crippen LogP contribution in [0.2, 0.25) is 0 Å². The van der Waals surface area contributed by atoms with Gasteiger partial charge in [0.1, 0.15) is 5.75 Å². The van der Waals surface area contributed by atoms with Crippen LogP contribution in [-0.4, -0.2) is 61.8 Å². The number of thiazole rings is 1. The number of nitrogens with zero attached hydrogens (tertiary/aromatic N) is 3. The van der Waals surface area contributed by atoms with Crippen LogP contribution in [-0.2, 0) is 9.53 Å². The Kier molecular flexibility index (Phi) is 6.39. The number of amides is 1. The number of hydrogen-bond donors (Lipinski definition) is 0. The van der Waals surface area contributed by atoms with Gasteiger partial charge in [0.25, 0.3) is 5.91 Å². The van der Waals surface area contributed by atoms with Gasteiger partial charge in [0.2, 0.25) is 0 Å². The van der Waals surface area contributed by atoms with Crippen molar-refractivity contribution in [3.05, 3.63) is 54.1 Å². The smallest absolute Gasteiger partial charge is 0.266 e. The fourth-order valence-electron chi connectivity index (χ4n) is 3.30. The Balaban J connectivity index is 1.50. The van der Waals surface area contributed by atoms with E-state index < -0.39 is 0 Å². The van der Waals surface area contributed by atoms with Gasteiger partial charge in [0, 0.05) is 26.2 Å². The Labute approximate surface area is 174 Å². The van der Waals surface area contributed by atoms with E-state index in [4.69, 9.17) is 14.5 Å². The van der Waals surface area contributed by atoms with Crippen molar-refractivity contribution in [2.75, 3.05) is 50.9 Å². The average Bonchev–Trinajstić information content (AvgIpc) is 3.18. The highest BCUT2D eigenvalue weighted by atomic mass is 32.1. The topological polar surface area (TPSA) is 54.9 Å². The fourth-order valence-corrected chi connectivity index (χ4v) is 4.31. The van der Waals surface area contributed by atoms with Crippen molar-refractivity contribution in [2.24, 2.45) is 0 Å². The zero-order chi connectivity index (χ0) is 20.1. The van der Waals surface area contributed by atoms with Crippen molar-refractivity contribution in [1.82, 2.24) is 9.88 Å². The molecule has 0 atom stereocenters. The zero-order valence-electron chi connectivity index (χ0n) is 16.5. The molecule has 152 valence electrons. The van der Waals surface area contributed by atoms with Crippen molar-refractivity contribution < 1.29 is 14.3 Å². The highest BCUT2D eigenvalue weighted by Gasteiger charge is 2.22. The molecule has 1 aliphatic heterocycles. The molecule has 0 unspecified atom stereocenters. The fraction of sp³-hybridized carbons (Fsp3) is 0.364. The number of morpholine rings is 1. The molecule has 7 heteroatoms. The molecule has 4 rings (SSSR count). The van der Waals surface area contributed by atoms with Gasteiger partial charge in [0.05, 0.1) is 23.4 Å². The summed E-state index contributed by atoms with van der Waals surface area (Å²) in [5.41, 5.74) is 1.93. The molecule has 0 spiro atoms. The van der Waals surface area contributed by atoms with Crippen molar-refractivity contribution in [2.45, 2.75) is 6.92 Å². The Morgan fingerprint density at radius 3 is 2.72 bits per heavy atom. The van der Waals surface area contributed by atoms with Gasteiger partial charge < -0.3 is 9.47 Å². The van der Waals surface area contributed by atoms with Crippen molar-refractivity contribution in [3.8, 4) is 5.75 Å². The van der Waals surface area contributed by atoms with Crippen LogP contribution in [0.15, 0.2) is 48.5 Å². The molecule has 0 bridgehead atoms. The second kappa shape index (κ2) is 9.35. The number of carbonyl (C=O) groups is 1. The van der Waals surface area contributed by atoms with E-state index in [1.807, 2.05) is 55.5 Å². The summed E-state index contributed by atoms with van der Waals surface area (Å²) in [4.78, 5) is 21.9. The molecule has 2 aromatic carbocycles. The van der Waals surface area contributed by atoms with Crippen LogP contribution in [0, 0.1) is 6.92 Å². The second-order valence-electron chi connectivity index (χ2n) is 7.02. The lowest BCUT2D eigenvalue weighted by Gasteiger charge is -2.29. The number of aromatic nitrogens is 1. The van der Waals surface area contributed by atoms with Crippen molar-refractivity contribution in [3.63, 3.8) is 0 Å². The highest BCUT2D eigenvalue weighted by Crippen LogP contribution is 2.29. The molecular weight excluding hydrogens is 386 g/mol. The molecule has 0 aliphatic carbocycles. The summed E-state index contributed by atoms with van der Waals surface area (Å²) in [5, 5.41) is 0.720. The summed E-state index contributed by atoms with van der Waals surface area (Å²) in [6, 6.07) is 15.7. The maximum Gasteiger partial charge on any atom is 0.266 e. The van der Waals surface area contributed by atoms with E-state index in [-0.39, 0.29) is 12.5 Å². The minimum absolute atomic E-state index is 0.0100. The molecular formula is C22H25N3O3S. The normalized spacial score (nSPS) is 14.8. The number of carbonyl (C=O) groups excluding carboxylic acids is 1. The predicted octanol–water partition coefficient (Wildman–Crippen LogP) is 3.35. The van der Waals surface area contributed by atoms with Crippen LogP contribution >= 0.6 is 11.3 Å². The number of anilines is 1. The quantitative estimate of drug-likeness (QED) is 0.597. The first-order valence-corrected chi connectivity index (χ1v) is 10.7. The molecule has 0 saturated carbocycles. The number of aryl methyl sites for hydroxylation is 1. The number of benzene rings is 2. The third-order valence-electron chi connectivity index (χ3n) is 5.00. The summed E-state index contributed by atoms with van der Waals surface area (Å²) in [5.74, 6) is 0.652. The van der Waals surface area contributed by atoms with Gasteiger partial charge in [-0.05, 0) is 30.7 Å². The molecule has 1 fully saturated rings. The Morgan fingerprint density at radius 1 is 1.17 bits per heavy atom. The van der Waals surface area contributed by atoms with E-state index in [2.05, 4.69) is 4.90 Å². The van der Waals surface area contributed by atoms with Crippen molar-refractivity contribution >= 4 is 32.6 Å². The van der Waals surface area contributed by atoms with E-state index in [1.165, 1.54) is 0 Å². The molecule has 1 aromatic heterocycles. The summed E-state index contributed by atoms with van der Waals surface area (Å²) in [6.45, 7) is 6.60. The first kappa shape index (κ1) is 19.8. The van der Waals surface area contributed by atoms with Crippen LogP contribution in [0.3, 0.4) is 0 Å². The zero-order valence-corrected chi connectivity index (χ0v) is 17.4. The van der Waals surface area contributed by atoms with E-state index >= 15 is 0 Å². The lowest BCUT2D eigenvalue weighted by atomic mass is 10.2. The highest BCUT2D eigenvalue weighted by molar-refractivity contribution is 7.22. The monoisotopic (exact) mass is 411 g/mol. The Morgan fingerprint density at radius 2 is 1.93 bits per heavy atom. The first-order chi connectivity index (χ1) is 14.2. The summed E-state index contributed by atoms with van der Waals surface area (Å²) >= 11 is 1.54. The third-order valence-corrected chi connectivity index (χ3v) is 6.06. The number of para-hydroxylation sites is 2. The van der Waals surface area contributed by atoms with Crippen LogP contribution in [0.4, 0.5) is 5.13 Å². The summed E-state index contributed by atoms with van der Waals surface area (Å²) in [7, 11) is 0. The van der Waals surface area contributed by atoms with Crippen LogP contribution in [0.1, 0.15) is 5.56 Å². The SMILES string of the molecule is Cc1ccccc1OCC(=O)N(CCN1CCOCC1)c1nc2ccccc2s1. The maximum absolute atomic E-state index is 13.1. The molecule has 0 N–H and O–H groups in total. The average molecular weight is 412 g/mol. The van der Waals surface area contributed by atoms with Crippen molar-refractivity contribution in [1.29, 1.82) is 0 Å². The Hall–Kier alpha value is -2.48. The van der Waals surface area contributed by atoms with E-state index in [9.17, 15) is 4.79 Å². The van der Waals surface area contributed by atoms with Gasteiger partial charge in [-0.2, -0.15) is 0 Å². The summed E-state index contributed by atoms with van der Waals surface area (Å²) in [6.07, 6.45) is 0. The lowest BCUT2D eigenvalue weighted by molar-refractivity contribution is -0.120. The van der Waals surface area contributed by atoms with Gasteiger partial charge in [-0.25, -0.2) is 4.98 Å². The molecule has 1 saturated heterocycles. The van der Waals surface area contributed by atoms with E-state index in [1.54, 1.807) is 16.2 Å². The van der Waals surface area contributed by atoms with Crippen LogP contribution < -0.4 is 9.64 Å². The van der Waals surface area contributed by atoms with Crippen LogP contribution in [0.25, 0.3) is 10.2 Å². The van der Waals surface area contributed by atoms with E-state index in [0.717, 1.165) is 59.5 Å². The van der Waals surface area contributed by atoms with Crippen LogP contribution in [0.5, 0.6) is 5.75 Å². The standard InChI is InChI=1S/C22H25N3O3S/c1-17-6-2-4-8-19(17)28-16-21(26)25(11-10-24-12-14-27-15-13-24)22-23-18-7-3-5-9-20(18)29-22/h2-9H,10-16H2,1H3. The largest absolute Gasteiger partial charge is 0.483 e. The van der Waals surface area contributed by atoms with Gasteiger partial charge in [-0.3, -0.25) is 14.6 Å². The number of ether oxygens (including phenoxy) is 2. The molecule has 1 aliphatic rings. The molecule has 3 aromatic rings. The van der Waals surface area contributed by atoms with Gasteiger partial charge in [0.15, 0.2) is 11.7 Å². The number of fused-ring (bicyclic) bond motifs is 1. The minimum atomic E-state index is -0.0828. The Bertz CT molecular complexity index is 936. The minimum Gasteiger partial charge on any atom is -0.483 e. The number of rotatable bonds is 7. The van der Waals surface area contributed by atoms with Gasteiger partial charge in [-0.15, -0.1) is 0 Å².